The Morgan fingerprint density at radius 3 is 2.79 bits per heavy atom. The van der Waals surface area contributed by atoms with Crippen LogP contribution in [0.15, 0.2) is 0 Å². The molecule has 0 aliphatic heterocycles. The highest BCUT2D eigenvalue weighted by Gasteiger charge is 2.13. The molecule has 3 N–H and O–H groups in total. The highest BCUT2D eigenvalue weighted by Crippen LogP contribution is 2.20. The summed E-state index contributed by atoms with van der Waals surface area (Å²) < 4.78 is 5.81. The smallest absolute Gasteiger partial charge is 0.220 e. The van der Waals surface area contributed by atoms with Gasteiger partial charge in [-0.1, -0.05) is 26.2 Å². The molecule has 0 spiro atoms. The number of nitrogens with two attached hydrogens (primary N) is 1. The molecule has 1 fully saturated rings. The number of hydrogen-bond acceptors (Lipinski definition) is 3. The zero-order valence-corrected chi connectivity index (χ0v) is 12.3. The van der Waals surface area contributed by atoms with Crippen LogP contribution in [0, 0.1) is 5.92 Å². The van der Waals surface area contributed by atoms with E-state index in [4.69, 9.17) is 10.5 Å². The molecule has 1 unspecified atom stereocenters. The molecule has 19 heavy (non-hydrogen) atoms. The lowest BCUT2D eigenvalue weighted by atomic mass is 9.98. The molecule has 1 saturated carbocycles. The minimum absolute atomic E-state index is 0.137. The van der Waals surface area contributed by atoms with Crippen LogP contribution >= 0.6 is 0 Å². The fourth-order valence-electron chi connectivity index (χ4n) is 2.37. The van der Waals surface area contributed by atoms with Gasteiger partial charge in [0.25, 0.3) is 0 Å². The number of rotatable bonds is 9. The standard InChI is InChI=1S/C15H30N2O2/c1-13(12-16)8-9-15(18)17-10-5-11-19-14-6-3-2-4-7-14/h13-14H,2-12,16H2,1H3,(H,17,18). The second-order valence-corrected chi connectivity index (χ2v) is 5.71. The summed E-state index contributed by atoms with van der Waals surface area (Å²) >= 11 is 0. The zero-order chi connectivity index (χ0) is 13.9. The predicted molar refractivity (Wildman–Crippen MR) is 77.9 cm³/mol. The Kier molecular flexibility index (Phi) is 8.84. The fourth-order valence-corrected chi connectivity index (χ4v) is 2.37. The first-order valence-electron chi connectivity index (χ1n) is 7.80. The summed E-state index contributed by atoms with van der Waals surface area (Å²) in [7, 11) is 0. The van der Waals surface area contributed by atoms with Gasteiger partial charge in [-0.3, -0.25) is 4.79 Å². The van der Waals surface area contributed by atoms with E-state index < -0.39 is 0 Å². The van der Waals surface area contributed by atoms with Crippen molar-refractivity contribution >= 4 is 5.91 Å². The van der Waals surface area contributed by atoms with Crippen LogP contribution < -0.4 is 11.1 Å². The maximum atomic E-state index is 11.5. The third kappa shape index (κ3) is 8.22. The SMILES string of the molecule is CC(CN)CCC(=O)NCCCOC1CCCCC1. The third-order valence-corrected chi connectivity index (χ3v) is 3.82. The number of nitrogens with one attached hydrogen (secondary N) is 1. The Balaban J connectivity index is 1.90. The first-order valence-corrected chi connectivity index (χ1v) is 7.80. The minimum atomic E-state index is 0.137. The molecule has 1 atom stereocenters. The van der Waals surface area contributed by atoms with Crippen molar-refractivity contribution in [2.75, 3.05) is 19.7 Å². The second kappa shape index (κ2) is 10.2. The van der Waals surface area contributed by atoms with Crippen LogP contribution in [0.5, 0.6) is 0 Å². The second-order valence-electron chi connectivity index (χ2n) is 5.71. The lowest BCUT2D eigenvalue weighted by molar-refractivity contribution is -0.121. The number of hydrogen-bond donors (Lipinski definition) is 2. The van der Waals surface area contributed by atoms with Crippen LogP contribution in [-0.2, 0) is 9.53 Å². The molecule has 1 aliphatic rings. The summed E-state index contributed by atoms with van der Waals surface area (Å²) in [5, 5.41) is 2.94. The lowest BCUT2D eigenvalue weighted by Gasteiger charge is -2.21. The molecule has 0 aromatic heterocycles. The highest BCUT2D eigenvalue weighted by atomic mass is 16.5. The Morgan fingerprint density at radius 1 is 1.37 bits per heavy atom. The van der Waals surface area contributed by atoms with E-state index in [1.165, 1.54) is 32.1 Å². The van der Waals surface area contributed by atoms with E-state index >= 15 is 0 Å². The van der Waals surface area contributed by atoms with Gasteiger partial charge in [-0.05, 0) is 38.1 Å². The number of carbonyl (C=O) groups is 1. The summed E-state index contributed by atoms with van der Waals surface area (Å²) in [6, 6.07) is 0. The monoisotopic (exact) mass is 270 g/mol. The Morgan fingerprint density at radius 2 is 2.11 bits per heavy atom. The Bertz CT molecular complexity index is 240. The van der Waals surface area contributed by atoms with E-state index in [9.17, 15) is 4.79 Å². The normalized spacial score (nSPS) is 18.2. The largest absolute Gasteiger partial charge is 0.378 e. The van der Waals surface area contributed by atoms with Crippen LogP contribution in [0.2, 0.25) is 0 Å². The van der Waals surface area contributed by atoms with E-state index in [1.54, 1.807) is 0 Å². The van der Waals surface area contributed by atoms with Crippen LogP contribution in [0.4, 0.5) is 0 Å². The summed E-state index contributed by atoms with van der Waals surface area (Å²) in [4.78, 5) is 11.5. The van der Waals surface area contributed by atoms with Gasteiger partial charge >= 0.3 is 0 Å². The number of ether oxygens (including phenoxy) is 1. The quantitative estimate of drug-likeness (QED) is 0.631. The number of amides is 1. The number of carbonyl (C=O) groups excluding carboxylic acids is 1. The minimum Gasteiger partial charge on any atom is -0.378 e. The van der Waals surface area contributed by atoms with Gasteiger partial charge in [-0.2, -0.15) is 0 Å². The maximum Gasteiger partial charge on any atom is 0.220 e. The fraction of sp³-hybridized carbons (Fsp3) is 0.933. The summed E-state index contributed by atoms with van der Waals surface area (Å²) in [5.74, 6) is 0.568. The molecule has 112 valence electrons. The molecule has 4 nitrogen and oxygen atoms in total. The van der Waals surface area contributed by atoms with Crippen LogP contribution in [0.1, 0.15) is 58.3 Å². The zero-order valence-electron chi connectivity index (χ0n) is 12.3. The van der Waals surface area contributed by atoms with Crippen molar-refractivity contribution in [3.63, 3.8) is 0 Å². The maximum absolute atomic E-state index is 11.5. The van der Waals surface area contributed by atoms with E-state index in [0.29, 0.717) is 25.0 Å². The first kappa shape index (κ1) is 16.4. The van der Waals surface area contributed by atoms with Crippen LogP contribution in [0.25, 0.3) is 0 Å². The van der Waals surface area contributed by atoms with Crippen molar-refractivity contribution in [1.82, 2.24) is 5.32 Å². The Labute approximate surface area is 117 Å². The lowest BCUT2D eigenvalue weighted by Crippen LogP contribution is -2.26. The van der Waals surface area contributed by atoms with Gasteiger partial charge in [0.15, 0.2) is 0 Å². The molecule has 1 rings (SSSR count). The topological polar surface area (TPSA) is 64.4 Å². The molecule has 0 bridgehead atoms. The molecular formula is C15H30N2O2. The molecule has 1 amide bonds. The molecule has 0 aromatic rings. The van der Waals surface area contributed by atoms with Gasteiger partial charge in [0, 0.05) is 19.6 Å². The molecule has 0 radical (unpaired) electrons. The average Bonchev–Trinajstić information content (AvgIpc) is 2.45. The van der Waals surface area contributed by atoms with Crippen molar-refractivity contribution in [3.8, 4) is 0 Å². The molecule has 4 heteroatoms. The van der Waals surface area contributed by atoms with Crippen molar-refractivity contribution in [3.05, 3.63) is 0 Å². The van der Waals surface area contributed by atoms with E-state index in [-0.39, 0.29) is 5.91 Å². The first-order chi connectivity index (χ1) is 9.22. The van der Waals surface area contributed by atoms with E-state index in [1.807, 2.05) is 0 Å². The molecule has 1 aliphatic carbocycles. The van der Waals surface area contributed by atoms with Gasteiger partial charge in [0.2, 0.25) is 5.91 Å². The van der Waals surface area contributed by atoms with Crippen molar-refractivity contribution in [1.29, 1.82) is 0 Å². The summed E-state index contributed by atoms with van der Waals surface area (Å²) in [6.45, 7) is 4.22. The van der Waals surface area contributed by atoms with Gasteiger partial charge < -0.3 is 15.8 Å². The van der Waals surface area contributed by atoms with Crippen LogP contribution in [-0.4, -0.2) is 31.7 Å². The summed E-state index contributed by atoms with van der Waals surface area (Å²) in [5.41, 5.74) is 5.52. The molecule has 0 saturated heterocycles. The molecule has 0 aromatic carbocycles. The van der Waals surface area contributed by atoms with Gasteiger partial charge in [-0.15, -0.1) is 0 Å². The molecule has 0 heterocycles. The van der Waals surface area contributed by atoms with Crippen molar-refractivity contribution < 1.29 is 9.53 Å². The summed E-state index contributed by atoms with van der Waals surface area (Å²) in [6.07, 6.45) is 9.23. The average molecular weight is 270 g/mol. The van der Waals surface area contributed by atoms with Crippen molar-refractivity contribution in [2.24, 2.45) is 11.7 Å². The third-order valence-electron chi connectivity index (χ3n) is 3.82. The van der Waals surface area contributed by atoms with Crippen LogP contribution in [0.3, 0.4) is 0 Å². The van der Waals surface area contributed by atoms with Gasteiger partial charge in [-0.25, -0.2) is 0 Å². The van der Waals surface area contributed by atoms with Gasteiger partial charge in [0.05, 0.1) is 6.10 Å². The Hall–Kier alpha value is -0.610. The van der Waals surface area contributed by atoms with E-state index in [2.05, 4.69) is 12.2 Å². The van der Waals surface area contributed by atoms with E-state index in [0.717, 1.165) is 26.0 Å². The van der Waals surface area contributed by atoms with Crippen molar-refractivity contribution in [2.45, 2.75) is 64.4 Å². The van der Waals surface area contributed by atoms with Gasteiger partial charge in [0.1, 0.15) is 0 Å². The predicted octanol–water partition coefficient (Wildman–Crippen LogP) is 2.22. The highest BCUT2D eigenvalue weighted by molar-refractivity contribution is 5.75. The molecular weight excluding hydrogens is 240 g/mol.